The molecule has 1 N–H and O–H groups in total. The van der Waals surface area contributed by atoms with Gasteiger partial charge in [-0.2, -0.15) is 0 Å². The van der Waals surface area contributed by atoms with Crippen LogP contribution >= 0.6 is 0 Å². The summed E-state index contributed by atoms with van der Waals surface area (Å²) in [6.45, 7) is 4.10. The maximum Gasteiger partial charge on any atom is 0.113 e. The normalized spacial score (nSPS) is 14.2. The molecule has 0 saturated heterocycles. The number of benzene rings is 1. The van der Waals surface area contributed by atoms with E-state index in [9.17, 15) is 0 Å². The molecule has 2 aromatic rings. The first kappa shape index (κ1) is 13.2. The van der Waals surface area contributed by atoms with Gasteiger partial charge in [-0.3, -0.25) is 4.57 Å². The molecule has 0 saturated carbocycles. The molecular weight excluding hydrogens is 248 g/mol. The highest BCUT2D eigenvalue weighted by Gasteiger charge is 2.21. The lowest BCUT2D eigenvalue weighted by molar-refractivity contribution is 0.620. The third kappa shape index (κ3) is 2.10. The average Bonchev–Trinajstić information content (AvgIpc) is 2.85. The second-order valence-corrected chi connectivity index (χ2v) is 5.42. The van der Waals surface area contributed by atoms with E-state index in [1.54, 1.807) is 0 Å². The van der Waals surface area contributed by atoms with Gasteiger partial charge in [-0.15, -0.1) is 0 Å². The van der Waals surface area contributed by atoms with Crippen molar-refractivity contribution < 1.29 is 0 Å². The molecule has 2 heterocycles. The van der Waals surface area contributed by atoms with Crippen molar-refractivity contribution in [3.8, 4) is 5.69 Å². The van der Waals surface area contributed by atoms with Crippen molar-refractivity contribution in [2.45, 2.75) is 26.3 Å². The van der Waals surface area contributed by atoms with Crippen molar-refractivity contribution in [2.24, 2.45) is 0 Å². The zero-order valence-electron chi connectivity index (χ0n) is 12.5. The van der Waals surface area contributed by atoms with Gasteiger partial charge in [-0.1, -0.05) is 19.1 Å². The summed E-state index contributed by atoms with van der Waals surface area (Å²) in [5.41, 5.74) is 5.06. The van der Waals surface area contributed by atoms with Gasteiger partial charge in [0, 0.05) is 45.7 Å². The Labute approximate surface area is 120 Å². The van der Waals surface area contributed by atoms with Gasteiger partial charge >= 0.3 is 0 Å². The smallest absolute Gasteiger partial charge is 0.113 e. The second kappa shape index (κ2) is 5.29. The third-order valence-electron chi connectivity index (χ3n) is 3.88. The lowest BCUT2D eigenvalue weighted by Gasteiger charge is -2.22. The fourth-order valence-electron chi connectivity index (χ4n) is 2.92. The number of anilines is 1. The molecule has 0 bridgehead atoms. The van der Waals surface area contributed by atoms with Crippen LogP contribution in [0.4, 0.5) is 5.69 Å². The second-order valence-electron chi connectivity index (χ2n) is 5.42. The van der Waals surface area contributed by atoms with E-state index in [1.165, 1.54) is 22.8 Å². The molecule has 0 aliphatic carbocycles. The van der Waals surface area contributed by atoms with Crippen LogP contribution in [0.5, 0.6) is 0 Å². The highest BCUT2D eigenvalue weighted by molar-refractivity contribution is 5.63. The van der Waals surface area contributed by atoms with Crippen molar-refractivity contribution in [2.75, 3.05) is 25.5 Å². The molecule has 0 unspecified atom stereocenters. The summed E-state index contributed by atoms with van der Waals surface area (Å²) in [6, 6.07) is 8.56. The number of imidazole rings is 1. The van der Waals surface area contributed by atoms with Crippen LogP contribution in [-0.4, -0.2) is 30.2 Å². The number of hydrogen-bond donors (Lipinski definition) is 1. The maximum atomic E-state index is 4.83. The molecule has 0 atom stereocenters. The Hall–Kier alpha value is -1.81. The summed E-state index contributed by atoms with van der Waals surface area (Å²) in [6.07, 6.45) is 2.00. The van der Waals surface area contributed by atoms with Gasteiger partial charge in [-0.25, -0.2) is 4.98 Å². The quantitative estimate of drug-likeness (QED) is 0.927. The molecule has 0 radical (unpaired) electrons. The molecular formula is C16H22N4. The van der Waals surface area contributed by atoms with E-state index in [0.717, 1.165) is 31.8 Å². The third-order valence-corrected chi connectivity index (χ3v) is 3.88. The van der Waals surface area contributed by atoms with Gasteiger partial charge in [0.25, 0.3) is 0 Å². The van der Waals surface area contributed by atoms with Gasteiger partial charge in [-0.05, 0) is 12.1 Å². The lowest BCUT2D eigenvalue weighted by Crippen LogP contribution is -2.25. The molecule has 1 aromatic carbocycles. The molecule has 1 aliphatic heterocycles. The molecule has 4 heteroatoms. The van der Waals surface area contributed by atoms with Crippen LogP contribution < -0.4 is 10.2 Å². The van der Waals surface area contributed by atoms with E-state index in [-0.39, 0.29) is 0 Å². The number of rotatable bonds is 3. The van der Waals surface area contributed by atoms with Crippen LogP contribution in [0.2, 0.25) is 0 Å². The van der Waals surface area contributed by atoms with Crippen molar-refractivity contribution in [3.05, 3.63) is 41.5 Å². The molecule has 4 nitrogen and oxygen atoms in total. The van der Waals surface area contributed by atoms with E-state index in [4.69, 9.17) is 4.98 Å². The molecule has 106 valence electrons. The molecule has 20 heavy (non-hydrogen) atoms. The van der Waals surface area contributed by atoms with Crippen LogP contribution in [0.15, 0.2) is 24.3 Å². The van der Waals surface area contributed by atoms with Crippen molar-refractivity contribution >= 4 is 5.69 Å². The predicted octanol–water partition coefficient (Wildman–Crippen LogP) is 2.15. The fourth-order valence-corrected chi connectivity index (χ4v) is 2.92. The highest BCUT2D eigenvalue weighted by Crippen LogP contribution is 2.28. The van der Waals surface area contributed by atoms with E-state index in [2.05, 4.69) is 60.1 Å². The first-order valence-electron chi connectivity index (χ1n) is 7.29. The number of nitrogens with zero attached hydrogens (tertiary/aromatic N) is 3. The van der Waals surface area contributed by atoms with E-state index < -0.39 is 0 Å². The summed E-state index contributed by atoms with van der Waals surface area (Å²) in [5, 5.41) is 3.41. The molecule has 3 rings (SSSR count). The van der Waals surface area contributed by atoms with Gasteiger partial charge in [0.2, 0.25) is 0 Å². The number of nitrogens with one attached hydrogen (secondary N) is 1. The Balaban J connectivity index is 2.21. The molecule has 0 spiro atoms. The number of fused-ring (bicyclic) bond motifs is 1. The number of aryl methyl sites for hydroxylation is 1. The predicted molar refractivity (Wildman–Crippen MR) is 82.7 cm³/mol. The summed E-state index contributed by atoms with van der Waals surface area (Å²) < 4.78 is 2.37. The average molecular weight is 270 g/mol. The number of aromatic nitrogens is 2. The Kier molecular flexibility index (Phi) is 3.49. The Morgan fingerprint density at radius 3 is 2.85 bits per heavy atom. The van der Waals surface area contributed by atoms with Gasteiger partial charge < -0.3 is 10.2 Å². The Bertz CT molecular complexity index is 613. The maximum absolute atomic E-state index is 4.83. The molecule has 0 fully saturated rings. The summed E-state index contributed by atoms with van der Waals surface area (Å²) in [5.74, 6) is 1.16. The van der Waals surface area contributed by atoms with Crippen molar-refractivity contribution in [1.29, 1.82) is 0 Å². The number of para-hydroxylation sites is 2. The first-order valence-corrected chi connectivity index (χ1v) is 7.29. The van der Waals surface area contributed by atoms with Crippen LogP contribution in [-0.2, 0) is 19.4 Å². The summed E-state index contributed by atoms with van der Waals surface area (Å²) in [7, 11) is 4.19. The fraction of sp³-hybridized carbons (Fsp3) is 0.438. The molecule has 1 aliphatic rings. The largest absolute Gasteiger partial charge is 0.376 e. The minimum Gasteiger partial charge on any atom is -0.376 e. The first-order chi connectivity index (χ1) is 9.72. The number of hydrogen-bond acceptors (Lipinski definition) is 3. The van der Waals surface area contributed by atoms with Crippen LogP contribution in [0.3, 0.4) is 0 Å². The van der Waals surface area contributed by atoms with Crippen LogP contribution in [0.25, 0.3) is 5.69 Å². The van der Waals surface area contributed by atoms with E-state index in [0.29, 0.717) is 0 Å². The summed E-state index contributed by atoms with van der Waals surface area (Å²) in [4.78, 5) is 7.00. The zero-order chi connectivity index (χ0) is 14.1. The highest BCUT2D eigenvalue weighted by atomic mass is 15.2. The molecule has 1 aromatic heterocycles. The zero-order valence-corrected chi connectivity index (χ0v) is 12.5. The van der Waals surface area contributed by atoms with Crippen molar-refractivity contribution in [1.82, 2.24) is 14.9 Å². The van der Waals surface area contributed by atoms with Gasteiger partial charge in [0.15, 0.2) is 0 Å². The Morgan fingerprint density at radius 1 is 1.30 bits per heavy atom. The van der Waals surface area contributed by atoms with Crippen molar-refractivity contribution in [3.63, 3.8) is 0 Å². The van der Waals surface area contributed by atoms with Crippen LogP contribution in [0.1, 0.15) is 24.1 Å². The van der Waals surface area contributed by atoms with E-state index in [1.807, 2.05) is 0 Å². The minimum atomic E-state index is 0.888. The topological polar surface area (TPSA) is 33.1 Å². The van der Waals surface area contributed by atoms with E-state index >= 15 is 0 Å². The van der Waals surface area contributed by atoms with Crippen LogP contribution in [0, 0.1) is 0 Å². The summed E-state index contributed by atoms with van der Waals surface area (Å²) >= 11 is 0. The minimum absolute atomic E-state index is 0.888. The van der Waals surface area contributed by atoms with Gasteiger partial charge in [0.1, 0.15) is 5.82 Å². The monoisotopic (exact) mass is 270 g/mol. The molecule has 0 amide bonds. The van der Waals surface area contributed by atoms with Gasteiger partial charge in [0.05, 0.1) is 17.1 Å². The standard InChI is InChI=1S/C16H22N4/c1-4-16-18-12-11-17-10-9-13(12)20(16)15-8-6-5-7-14(15)19(2)3/h5-8,17H,4,9-11H2,1-3H3. The Morgan fingerprint density at radius 2 is 2.10 bits per heavy atom. The lowest BCUT2D eigenvalue weighted by atomic mass is 10.1. The SMILES string of the molecule is CCc1nc2c(n1-c1ccccc1N(C)C)CCNC2.